The van der Waals surface area contributed by atoms with E-state index in [-0.39, 0.29) is 27.7 Å². The number of sulfonamides is 1. The van der Waals surface area contributed by atoms with Crippen LogP contribution >= 0.6 is 0 Å². The van der Waals surface area contributed by atoms with Gasteiger partial charge in [0, 0.05) is 5.56 Å². The van der Waals surface area contributed by atoms with Crippen molar-refractivity contribution >= 4 is 16.0 Å². The Morgan fingerprint density at radius 3 is 2.39 bits per heavy atom. The molecule has 3 rings (SSSR count). The maximum Gasteiger partial charge on any atom is 0.309 e. The van der Waals surface area contributed by atoms with Gasteiger partial charge in [-0.2, -0.15) is 0 Å². The van der Waals surface area contributed by atoms with Crippen LogP contribution in [-0.2, 0) is 21.2 Å². The van der Waals surface area contributed by atoms with E-state index in [0.29, 0.717) is 11.1 Å². The highest BCUT2D eigenvalue weighted by atomic mass is 32.2. The van der Waals surface area contributed by atoms with E-state index in [2.05, 4.69) is 5.16 Å². The first kappa shape index (κ1) is 19.5. The van der Waals surface area contributed by atoms with Crippen molar-refractivity contribution in [2.75, 3.05) is 7.11 Å². The zero-order valence-corrected chi connectivity index (χ0v) is 15.4. The van der Waals surface area contributed by atoms with Gasteiger partial charge in [0.05, 0.1) is 24.0 Å². The van der Waals surface area contributed by atoms with E-state index < -0.39 is 28.2 Å². The third-order valence-corrected chi connectivity index (χ3v) is 4.90. The van der Waals surface area contributed by atoms with Gasteiger partial charge in [-0.3, -0.25) is 4.79 Å². The Labute approximate surface area is 159 Å². The van der Waals surface area contributed by atoms with Crippen LogP contribution < -0.4 is 9.88 Å². The Hall–Kier alpha value is -3.24. The minimum Gasteiger partial charge on any atom is -0.494 e. The van der Waals surface area contributed by atoms with Crippen LogP contribution in [0.5, 0.6) is 5.75 Å². The second kappa shape index (κ2) is 7.41. The van der Waals surface area contributed by atoms with Crippen LogP contribution in [0.15, 0.2) is 51.9 Å². The lowest BCUT2D eigenvalue weighted by Crippen LogP contribution is -2.11. The zero-order chi connectivity index (χ0) is 20.5. The average Bonchev–Trinajstić information content (AvgIpc) is 3.03. The molecule has 0 spiro atoms. The summed E-state index contributed by atoms with van der Waals surface area (Å²) in [5.74, 6) is -1.58. The second-order valence-electron chi connectivity index (χ2n) is 5.82. The van der Waals surface area contributed by atoms with E-state index >= 15 is 0 Å². The summed E-state index contributed by atoms with van der Waals surface area (Å²) in [6.07, 6.45) is -0.443. The van der Waals surface area contributed by atoms with E-state index in [9.17, 15) is 17.6 Å². The van der Waals surface area contributed by atoms with Crippen molar-refractivity contribution in [2.45, 2.75) is 11.3 Å². The lowest BCUT2D eigenvalue weighted by Gasteiger charge is -2.07. The quantitative estimate of drug-likeness (QED) is 0.642. The van der Waals surface area contributed by atoms with Gasteiger partial charge in [-0.15, -0.1) is 0 Å². The fourth-order valence-electron chi connectivity index (χ4n) is 2.70. The SMILES string of the molecule is COc1ccc(-c2c(CC(=O)O)noc2-c2ccc(S(N)(=O)=O)cc2)cc1F. The summed E-state index contributed by atoms with van der Waals surface area (Å²) in [6, 6.07) is 9.56. The summed E-state index contributed by atoms with van der Waals surface area (Å²) in [5, 5.41) is 18.0. The molecule has 2 aromatic carbocycles. The fourth-order valence-corrected chi connectivity index (χ4v) is 3.22. The van der Waals surface area contributed by atoms with Crippen LogP contribution in [0, 0.1) is 5.82 Å². The standard InChI is InChI=1S/C18H15FN2O6S/c1-26-15-7-4-11(8-13(15)19)17-14(9-16(22)23)21-27-18(17)10-2-5-12(6-3-10)28(20,24)25/h2-8H,9H2,1H3,(H,22,23)(H2,20,24,25). The Morgan fingerprint density at radius 1 is 1.21 bits per heavy atom. The Bertz CT molecular complexity index is 1140. The van der Waals surface area contributed by atoms with Crippen molar-refractivity contribution in [3.8, 4) is 28.2 Å². The van der Waals surface area contributed by atoms with E-state index in [0.717, 1.165) is 0 Å². The van der Waals surface area contributed by atoms with Crippen molar-refractivity contribution in [3.05, 3.63) is 54.0 Å². The van der Waals surface area contributed by atoms with E-state index in [4.69, 9.17) is 19.5 Å². The van der Waals surface area contributed by atoms with Crippen molar-refractivity contribution in [3.63, 3.8) is 0 Å². The van der Waals surface area contributed by atoms with Crippen LogP contribution in [0.3, 0.4) is 0 Å². The number of hydrogen-bond donors (Lipinski definition) is 2. The summed E-state index contributed by atoms with van der Waals surface area (Å²) in [4.78, 5) is 11.1. The molecule has 0 aliphatic carbocycles. The molecular formula is C18H15FN2O6S. The smallest absolute Gasteiger partial charge is 0.309 e. The zero-order valence-electron chi connectivity index (χ0n) is 14.5. The maximum absolute atomic E-state index is 14.2. The molecule has 0 fully saturated rings. The molecule has 0 atom stereocenters. The number of primary sulfonamides is 1. The number of aromatic nitrogens is 1. The van der Waals surface area contributed by atoms with Gasteiger partial charge >= 0.3 is 5.97 Å². The fraction of sp³-hybridized carbons (Fsp3) is 0.111. The Balaban J connectivity index is 2.16. The molecule has 3 N–H and O–H groups in total. The molecule has 0 radical (unpaired) electrons. The largest absolute Gasteiger partial charge is 0.494 e. The number of carboxylic acid groups (broad SMARTS) is 1. The minimum absolute atomic E-state index is 0.0269. The number of nitrogens with zero attached hydrogens (tertiary/aromatic N) is 1. The first-order chi connectivity index (χ1) is 13.2. The van der Waals surface area contributed by atoms with Gasteiger partial charge in [0.1, 0.15) is 5.69 Å². The molecule has 1 heterocycles. The van der Waals surface area contributed by atoms with Crippen molar-refractivity contribution in [1.82, 2.24) is 5.16 Å². The number of carboxylic acids is 1. The number of halogens is 1. The lowest BCUT2D eigenvalue weighted by atomic mass is 9.98. The molecule has 8 nitrogen and oxygen atoms in total. The first-order valence-electron chi connectivity index (χ1n) is 7.88. The van der Waals surface area contributed by atoms with Crippen molar-refractivity contribution in [2.24, 2.45) is 5.14 Å². The molecule has 0 aliphatic rings. The van der Waals surface area contributed by atoms with E-state index in [1.54, 1.807) is 6.07 Å². The van der Waals surface area contributed by atoms with Gasteiger partial charge in [0.25, 0.3) is 0 Å². The van der Waals surface area contributed by atoms with Crippen LogP contribution in [0.25, 0.3) is 22.5 Å². The molecular weight excluding hydrogens is 391 g/mol. The average molecular weight is 406 g/mol. The van der Waals surface area contributed by atoms with Gasteiger partial charge in [0.15, 0.2) is 17.3 Å². The van der Waals surface area contributed by atoms with Crippen LogP contribution in [0.1, 0.15) is 5.69 Å². The second-order valence-corrected chi connectivity index (χ2v) is 7.38. The maximum atomic E-state index is 14.2. The predicted molar refractivity (Wildman–Crippen MR) is 96.6 cm³/mol. The van der Waals surface area contributed by atoms with Crippen LogP contribution in [0.4, 0.5) is 4.39 Å². The molecule has 0 amide bonds. The lowest BCUT2D eigenvalue weighted by molar-refractivity contribution is -0.136. The summed E-state index contributed by atoms with van der Waals surface area (Å²) >= 11 is 0. The summed E-state index contributed by atoms with van der Waals surface area (Å²) in [7, 11) is -2.55. The number of rotatable bonds is 6. The summed E-state index contributed by atoms with van der Waals surface area (Å²) in [6.45, 7) is 0. The molecule has 0 unspecified atom stereocenters. The van der Waals surface area contributed by atoms with E-state index in [1.807, 2.05) is 0 Å². The van der Waals surface area contributed by atoms with E-state index in [1.165, 1.54) is 43.5 Å². The van der Waals surface area contributed by atoms with Crippen molar-refractivity contribution < 1.29 is 32.0 Å². The number of benzene rings is 2. The molecule has 1 aromatic heterocycles. The first-order valence-corrected chi connectivity index (χ1v) is 9.43. The highest BCUT2D eigenvalue weighted by molar-refractivity contribution is 7.89. The van der Waals surface area contributed by atoms with Crippen molar-refractivity contribution in [1.29, 1.82) is 0 Å². The van der Waals surface area contributed by atoms with Gasteiger partial charge in [0.2, 0.25) is 10.0 Å². The molecule has 0 saturated heterocycles. The number of carbonyl (C=O) groups is 1. The monoisotopic (exact) mass is 406 g/mol. The number of nitrogens with two attached hydrogens (primary N) is 1. The summed E-state index contributed by atoms with van der Waals surface area (Å²) in [5.41, 5.74) is 1.14. The van der Waals surface area contributed by atoms with Crippen LogP contribution in [-0.4, -0.2) is 31.8 Å². The molecule has 10 heteroatoms. The molecule has 28 heavy (non-hydrogen) atoms. The Kier molecular flexibility index (Phi) is 5.16. The van der Waals surface area contributed by atoms with Gasteiger partial charge < -0.3 is 14.4 Å². The Morgan fingerprint density at radius 2 is 1.86 bits per heavy atom. The number of ether oxygens (including phenoxy) is 1. The van der Waals surface area contributed by atoms with Gasteiger partial charge in [-0.25, -0.2) is 17.9 Å². The topological polar surface area (TPSA) is 133 Å². The highest BCUT2D eigenvalue weighted by Crippen LogP contribution is 2.37. The predicted octanol–water partition coefficient (Wildman–Crippen LogP) is 2.43. The summed E-state index contributed by atoms with van der Waals surface area (Å²) < 4.78 is 47.2. The van der Waals surface area contributed by atoms with Gasteiger partial charge in [-0.05, 0) is 42.0 Å². The molecule has 0 aliphatic heterocycles. The van der Waals surface area contributed by atoms with Crippen LogP contribution in [0.2, 0.25) is 0 Å². The molecule has 0 saturated carbocycles. The number of aliphatic carboxylic acids is 1. The minimum atomic E-state index is -3.88. The molecule has 0 bridgehead atoms. The third kappa shape index (κ3) is 3.87. The molecule has 3 aromatic rings. The number of hydrogen-bond acceptors (Lipinski definition) is 6. The third-order valence-electron chi connectivity index (χ3n) is 3.97. The normalized spacial score (nSPS) is 11.4. The van der Waals surface area contributed by atoms with Gasteiger partial charge in [-0.1, -0.05) is 11.2 Å². The number of methoxy groups -OCH3 is 1. The highest BCUT2D eigenvalue weighted by Gasteiger charge is 2.22. The molecule has 146 valence electrons.